The lowest BCUT2D eigenvalue weighted by Gasteiger charge is -2.36. The minimum absolute atomic E-state index is 0.194. The number of rotatable bonds is 3. The number of hydrogen-bond donors (Lipinski definition) is 6. The maximum absolute atomic E-state index is 12.4. The average Bonchev–Trinajstić information content (AvgIpc) is 2.62. The molecule has 1 aromatic rings. The molecule has 1 aliphatic heterocycles. The van der Waals surface area contributed by atoms with Crippen molar-refractivity contribution >= 4 is 31.2 Å². The summed E-state index contributed by atoms with van der Waals surface area (Å²) >= 11 is 0.194. The van der Waals surface area contributed by atoms with Gasteiger partial charge in [-0.2, -0.15) is 0 Å². The molecular weight excluding hydrogens is 372 g/mol. The Labute approximate surface area is 136 Å². The van der Waals surface area contributed by atoms with Gasteiger partial charge in [-0.15, -0.1) is 11.3 Å². The van der Waals surface area contributed by atoms with Crippen LogP contribution in [0.2, 0.25) is 0 Å². The molecule has 0 amide bonds. The first-order valence-corrected chi connectivity index (χ1v) is 10.0. The van der Waals surface area contributed by atoms with Crippen LogP contribution >= 0.6 is 11.3 Å². The van der Waals surface area contributed by atoms with Crippen LogP contribution < -0.4 is 10.5 Å². The van der Waals surface area contributed by atoms with Gasteiger partial charge in [0.2, 0.25) is 15.7 Å². The van der Waals surface area contributed by atoms with E-state index in [-0.39, 0.29) is 16.9 Å². The Kier molecular flexibility index (Phi) is 4.11. The smallest absolute Gasteiger partial charge is 0.251 e. The fourth-order valence-electron chi connectivity index (χ4n) is 2.34. The molecule has 0 saturated carbocycles. The van der Waals surface area contributed by atoms with E-state index in [1.165, 1.54) is 0 Å². The van der Waals surface area contributed by atoms with Crippen molar-refractivity contribution in [1.29, 1.82) is 0 Å². The average molecular weight is 388 g/mol. The summed E-state index contributed by atoms with van der Waals surface area (Å²) < 4.78 is 46.4. The highest BCUT2D eigenvalue weighted by Crippen LogP contribution is 2.51. The topological polar surface area (TPSA) is 187 Å². The molecule has 23 heavy (non-hydrogen) atoms. The Morgan fingerprint density at radius 3 is 2.39 bits per heavy atom. The number of sulfone groups is 1. The van der Waals surface area contributed by atoms with E-state index in [1.54, 1.807) is 0 Å². The number of nitrogens with two attached hydrogens (primary N) is 1. The van der Waals surface area contributed by atoms with Gasteiger partial charge in [-0.25, -0.2) is 22.0 Å². The summed E-state index contributed by atoms with van der Waals surface area (Å²) in [6, 6.07) is -1.24. The maximum Gasteiger partial charge on any atom is 0.251 e. The molecule has 0 bridgehead atoms. The van der Waals surface area contributed by atoms with Gasteiger partial charge in [0.05, 0.1) is 0 Å². The molecule has 0 aromatic carbocycles. The summed E-state index contributed by atoms with van der Waals surface area (Å²) in [4.78, 5) is -2.31. The highest BCUT2D eigenvalue weighted by molar-refractivity contribution is 7.96. The standard InChI is InChI=1S/C10H16N2O8S3/c1-9(14)3-4(12-10(2,15)16)5-6(13)8(23(11,19)20)21-7(5)22(9,17)18/h4,12-16H,3H2,1-2H3,(H2,11,19,20). The van der Waals surface area contributed by atoms with Gasteiger partial charge in [0.1, 0.15) is 4.21 Å². The Balaban J connectivity index is 2.79. The SMILES string of the molecule is CC(O)(O)NC1CC(C)(O)S(=O)(=O)c2sc(S(N)(=O)=O)c(O)c21. The third-order valence-corrected chi connectivity index (χ3v) is 8.70. The molecule has 7 N–H and O–H groups in total. The molecule has 0 radical (unpaired) electrons. The number of aromatic hydroxyl groups is 1. The lowest BCUT2D eigenvalue weighted by molar-refractivity contribution is -0.178. The largest absolute Gasteiger partial charge is 0.505 e. The molecule has 13 heteroatoms. The van der Waals surface area contributed by atoms with Crippen LogP contribution in [-0.4, -0.2) is 48.1 Å². The summed E-state index contributed by atoms with van der Waals surface area (Å²) in [7, 11) is -8.79. The molecule has 1 aliphatic rings. The Morgan fingerprint density at radius 2 is 1.96 bits per heavy atom. The Hall–Kier alpha value is -0.800. The second-order valence-corrected chi connectivity index (χ2v) is 10.9. The van der Waals surface area contributed by atoms with Gasteiger partial charge in [0.15, 0.2) is 14.9 Å². The number of aliphatic hydroxyl groups is 3. The summed E-state index contributed by atoms with van der Waals surface area (Å²) in [5.41, 5.74) is -0.375. The van der Waals surface area contributed by atoms with Gasteiger partial charge in [-0.1, -0.05) is 0 Å². The summed E-state index contributed by atoms with van der Waals surface area (Å²) in [5.74, 6) is -3.36. The van der Waals surface area contributed by atoms with Crippen LogP contribution in [0.15, 0.2) is 8.42 Å². The molecule has 10 nitrogen and oxygen atoms in total. The van der Waals surface area contributed by atoms with Crippen LogP contribution in [0.1, 0.15) is 31.9 Å². The highest BCUT2D eigenvalue weighted by atomic mass is 32.3. The summed E-state index contributed by atoms with van der Waals surface area (Å²) in [5, 5.41) is 46.3. The maximum atomic E-state index is 12.4. The van der Waals surface area contributed by atoms with Gasteiger partial charge in [-0.05, 0) is 6.92 Å². The van der Waals surface area contributed by atoms with Gasteiger partial charge >= 0.3 is 0 Å². The van der Waals surface area contributed by atoms with E-state index < -0.39 is 57.3 Å². The van der Waals surface area contributed by atoms with Crippen molar-refractivity contribution < 1.29 is 37.3 Å². The van der Waals surface area contributed by atoms with Gasteiger partial charge in [0, 0.05) is 24.9 Å². The first kappa shape index (κ1) is 18.5. The molecular formula is C10H16N2O8S3. The van der Waals surface area contributed by atoms with Crippen molar-refractivity contribution in [2.75, 3.05) is 0 Å². The van der Waals surface area contributed by atoms with Crippen molar-refractivity contribution in [3.8, 4) is 5.75 Å². The molecule has 2 heterocycles. The van der Waals surface area contributed by atoms with Crippen LogP contribution in [0.25, 0.3) is 0 Å². The number of fused-ring (bicyclic) bond motifs is 1. The van der Waals surface area contributed by atoms with Crippen molar-refractivity contribution in [1.82, 2.24) is 5.32 Å². The molecule has 0 fully saturated rings. The number of hydrogen-bond acceptors (Lipinski definition) is 10. The van der Waals surface area contributed by atoms with Crippen LogP contribution in [0.3, 0.4) is 0 Å². The first-order valence-electron chi connectivity index (χ1n) is 6.16. The van der Waals surface area contributed by atoms with Crippen LogP contribution in [0, 0.1) is 0 Å². The molecule has 0 spiro atoms. The minimum Gasteiger partial charge on any atom is -0.505 e. The number of primary sulfonamides is 1. The van der Waals surface area contributed by atoms with Crippen molar-refractivity contribution in [3.05, 3.63) is 5.56 Å². The summed E-state index contributed by atoms with van der Waals surface area (Å²) in [6.07, 6.45) is -0.548. The Morgan fingerprint density at radius 1 is 1.43 bits per heavy atom. The van der Waals surface area contributed by atoms with E-state index in [0.29, 0.717) is 0 Å². The zero-order valence-electron chi connectivity index (χ0n) is 12.0. The molecule has 1 aromatic heterocycles. The summed E-state index contributed by atoms with van der Waals surface area (Å²) in [6.45, 7) is 1.92. The van der Waals surface area contributed by atoms with E-state index in [9.17, 15) is 37.3 Å². The quantitative estimate of drug-likeness (QED) is 0.327. The predicted molar refractivity (Wildman–Crippen MR) is 78.5 cm³/mol. The fourth-order valence-corrected chi connectivity index (χ4v) is 6.85. The molecule has 2 rings (SSSR count). The van der Waals surface area contributed by atoms with Crippen LogP contribution in [-0.2, 0) is 19.9 Å². The first-order chi connectivity index (χ1) is 10.1. The van der Waals surface area contributed by atoms with Gasteiger partial charge < -0.3 is 20.4 Å². The Bertz CT molecular complexity index is 847. The second-order valence-electron chi connectivity index (χ2n) is 5.58. The molecule has 2 atom stereocenters. The fraction of sp³-hybridized carbons (Fsp3) is 0.600. The third-order valence-electron chi connectivity index (χ3n) is 3.31. The van der Waals surface area contributed by atoms with Crippen molar-refractivity contribution in [3.63, 3.8) is 0 Å². The van der Waals surface area contributed by atoms with Crippen molar-refractivity contribution in [2.45, 2.75) is 45.6 Å². The molecule has 2 unspecified atom stereocenters. The predicted octanol–water partition coefficient (Wildman–Crippen LogP) is -1.72. The van der Waals surface area contributed by atoms with Gasteiger partial charge in [-0.3, -0.25) is 5.32 Å². The zero-order chi connectivity index (χ0) is 18.0. The molecule has 0 aliphatic carbocycles. The lowest BCUT2D eigenvalue weighted by atomic mass is 10.0. The van der Waals surface area contributed by atoms with E-state index in [2.05, 4.69) is 5.32 Å². The zero-order valence-corrected chi connectivity index (χ0v) is 14.5. The number of sulfonamides is 1. The van der Waals surface area contributed by atoms with Crippen LogP contribution in [0.4, 0.5) is 0 Å². The molecule has 0 saturated heterocycles. The monoisotopic (exact) mass is 388 g/mol. The normalized spacial score (nSPS) is 27.7. The lowest BCUT2D eigenvalue weighted by Crippen LogP contribution is -2.50. The van der Waals surface area contributed by atoms with E-state index in [0.717, 1.165) is 13.8 Å². The van der Waals surface area contributed by atoms with Crippen LogP contribution in [0.5, 0.6) is 5.75 Å². The number of thiophene rings is 1. The number of nitrogens with one attached hydrogen (secondary N) is 1. The second kappa shape index (κ2) is 5.10. The minimum atomic E-state index is -4.41. The third kappa shape index (κ3) is 3.10. The van der Waals surface area contributed by atoms with E-state index in [4.69, 9.17) is 5.14 Å². The van der Waals surface area contributed by atoms with E-state index >= 15 is 0 Å². The van der Waals surface area contributed by atoms with Gasteiger partial charge in [0.25, 0.3) is 10.0 Å². The van der Waals surface area contributed by atoms with E-state index in [1.807, 2.05) is 0 Å². The van der Waals surface area contributed by atoms with Crippen molar-refractivity contribution in [2.24, 2.45) is 5.14 Å². The highest BCUT2D eigenvalue weighted by Gasteiger charge is 2.51. The molecule has 132 valence electrons.